The van der Waals surface area contributed by atoms with Crippen LogP contribution in [0.2, 0.25) is 0 Å². The molecule has 0 saturated heterocycles. The monoisotopic (exact) mass is 366 g/mol. The molecule has 0 bridgehead atoms. The van der Waals surface area contributed by atoms with Gasteiger partial charge in [-0.3, -0.25) is 0 Å². The fourth-order valence-electron chi connectivity index (χ4n) is 2.72. The number of rotatable bonds is 5. The normalized spacial score (nSPS) is 11.5. The molecule has 7 heteroatoms. The highest BCUT2D eigenvalue weighted by Crippen LogP contribution is 2.28. The molecule has 0 unspecified atom stereocenters. The molecule has 2 aromatic heterocycles. The number of alkyl halides is 2. The van der Waals surface area contributed by atoms with Crippen LogP contribution in [0.25, 0.3) is 16.8 Å². The highest BCUT2D eigenvalue weighted by Gasteiger charge is 2.23. The lowest BCUT2D eigenvalue weighted by Crippen LogP contribution is -2.18. The number of nitrogens with zero attached hydrogens (tertiary/aromatic N) is 3. The van der Waals surface area contributed by atoms with Crippen molar-refractivity contribution in [1.29, 1.82) is 0 Å². The van der Waals surface area contributed by atoms with E-state index in [9.17, 15) is 8.78 Å². The van der Waals surface area contributed by atoms with Gasteiger partial charge in [-0.25, -0.2) is 9.50 Å². The van der Waals surface area contributed by atoms with E-state index in [2.05, 4.69) is 20.1 Å². The van der Waals surface area contributed by atoms with Crippen LogP contribution in [0.4, 0.5) is 20.3 Å². The first-order valence-electron chi connectivity index (χ1n) is 8.32. The van der Waals surface area contributed by atoms with Gasteiger partial charge in [-0.05, 0) is 35.9 Å². The van der Waals surface area contributed by atoms with E-state index in [1.54, 1.807) is 22.8 Å². The summed E-state index contributed by atoms with van der Waals surface area (Å²) < 4.78 is 32.2. The van der Waals surface area contributed by atoms with E-state index in [-0.39, 0.29) is 5.75 Å². The summed E-state index contributed by atoms with van der Waals surface area (Å²) in [6, 6.07) is 18.0. The lowest BCUT2D eigenvalue weighted by molar-refractivity contribution is -0.158. The fourth-order valence-corrected chi connectivity index (χ4v) is 2.72. The van der Waals surface area contributed by atoms with E-state index < -0.39 is 6.11 Å². The van der Waals surface area contributed by atoms with Gasteiger partial charge in [0.25, 0.3) is 0 Å². The van der Waals surface area contributed by atoms with Crippen LogP contribution in [0, 0.1) is 0 Å². The Bertz CT molecular complexity index is 1060. The first kappa shape index (κ1) is 17.0. The van der Waals surface area contributed by atoms with Crippen LogP contribution in [-0.4, -0.2) is 20.7 Å². The Morgan fingerprint density at radius 2 is 1.74 bits per heavy atom. The SMILES string of the molecule is CC(F)(F)Oc1ccc(-c2cnn3ccc(Nc4ccccc4)nc23)cc1. The van der Waals surface area contributed by atoms with Gasteiger partial charge in [-0.1, -0.05) is 30.3 Å². The van der Waals surface area contributed by atoms with Crippen LogP contribution < -0.4 is 10.1 Å². The standard InChI is InChI=1S/C20H16F2N4O/c1-20(21,22)27-16-9-7-14(8-10-16)17-13-23-26-12-11-18(25-19(17)26)24-15-5-3-2-4-6-15/h2-13H,1H3,(H,24,25). The number of anilines is 2. The number of para-hydroxylation sites is 1. The van der Waals surface area contributed by atoms with Crippen molar-refractivity contribution in [3.8, 4) is 16.9 Å². The molecule has 1 N–H and O–H groups in total. The summed E-state index contributed by atoms with van der Waals surface area (Å²) in [6.07, 6.45) is 0.288. The molecular weight excluding hydrogens is 350 g/mol. The zero-order valence-corrected chi connectivity index (χ0v) is 14.4. The largest absolute Gasteiger partial charge is 0.433 e. The molecule has 0 radical (unpaired) electrons. The average molecular weight is 366 g/mol. The minimum absolute atomic E-state index is 0.0992. The number of hydrogen-bond donors (Lipinski definition) is 1. The Morgan fingerprint density at radius 1 is 1.00 bits per heavy atom. The number of aromatic nitrogens is 3. The van der Waals surface area contributed by atoms with E-state index in [0.717, 1.165) is 16.8 Å². The van der Waals surface area contributed by atoms with Gasteiger partial charge in [0.2, 0.25) is 0 Å². The van der Waals surface area contributed by atoms with Gasteiger partial charge in [-0.15, -0.1) is 0 Å². The number of fused-ring (bicyclic) bond motifs is 1. The minimum atomic E-state index is -3.22. The number of nitrogens with one attached hydrogen (secondary N) is 1. The van der Waals surface area contributed by atoms with Crippen molar-refractivity contribution in [2.24, 2.45) is 0 Å². The van der Waals surface area contributed by atoms with Crippen LogP contribution in [0.3, 0.4) is 0 Å². The first-order valence-corrected chi connectivity index (χ1v) is 8.32. The number of hydrogen-bond acceptors (Lipinski definition) is 4. The van der Waals surface area contributed by atoms with Crippen molar-refractivity contribution >= 4 is 17.2 Å². The van der Waals surface area contributed by atoms with Gasteiger partial charge < -0.3 is 10.1 Å². The van der Waals surface area contributed by atoms with Crippen molar-refractivity contribution in [1.82, 2.24) is 14.6 Å². The molecule has 4 rings (SSSR count). The smallest absolute Gasteiger partial charge is 0.394 e. The Labute approximate surface area is 154 Å². The molecule has 136 valence electrons. The lowest BCUT2D eigenvalue weighted by atomic mass is 10.1. The molecule has 0 spiro atoms. The summed E-state index contributed by atoms with van der Waals surface area (Å²) in [6.45, 7) is 0.706. The predicted molar refractivity (Wildman–Crippen MR) is 99.4 cm³/mol. The van der Waals surface area contributed by atoms with Gasteiger partial charge in [-0.2, -0.15) is 13.9 Å². The Balaban J connectivity index is 1.65. The third kappa shape index (κ3) is 3.87. The second-order valence-corrected chi connectivity index (χ2v) is 6.06. The number of ether oxygens (including phenoxy) is 1. The highest BCUT2D eigenvalue weighted by molar-refractivity contribution is 5.78. The molecule has 0 fully saturated rings. The molecule has 0 aliphatic carbocycles. The zero-order chi connectivity index (χ0) is 18.9. The first-order chi connectivity index (χ1) is 13.0. The summed E-state index contributed by atoms with van der Waals surface area (Å²) in [5.41, 5.74) is 3.19. The third-order valence-electron chi connectivity index (χ3n) is 3.88. The molecule has 5 nitrogen and oxygen atoms in total. The average Bonchev–Trinajstić information content (AvgIpc) is 3.05. The molecule has 0 atom stereocenters. The maximum absolute atomic E-state index is 13.0. The maximum Gasteiger partial charge on any atom is 0.394 e. The van der Waals surface area contributed by atoms with Crippen molar-refractivity contribution in [3.05, 3.63) is 73.1 Å². The minimum Gasteiger partial charge on any atom is -0.433 e. The molecule has 0 saturated carbocycles. The van der Waals surface area contributed by atoms with Crippen molar-refractivity contribution in [2.45, 2.75) is 13.0 Å². The highest BCUT2D eigenvalue weighted by atomic mass is 19.3. The molecule has 27 heavy (non-hydrogen) atoms. The quantitative estimate of drug-likeness (QED) is 0.532. The Kier molecular flexibility index (Phi) is 4.19. The van der Waals surface area contributed by atoms with Crippen molar-refractivity contribution in [3.63, 3.8) is 0 Å². The summed E-state index contributed by atoms with van der Waals surface area (Å²) in [4.78, 5) is 4.63. The van der Waals surface area contributed by atoms with Crippen molar-refractivity contribution in [2.75, 3.05) is 5.32 Å². The lowest BCUT2D eigenvalue weighted by Gasteiger charge is -2.13. The molecule has 0 amide bonds. The van der Waals surface area contributed by atoms with E-state index in [0.29, 0.717) is 18.4 Å². The van der Waals surface area contributed by atoms with Crippen LogP contribution in [-0.2, 0) is 0 Å². The summed E-state index contributed by atoms with van der Waals surface area (Å²) in [5.74, 6) is 0.781. The Hall–Kier alpha value is -3.48. The van der Waals surface area contributed by atoms with Gasteiger partial charge in [0.15, 0.2) is 5.65 Å². The predicted octanol–water partition coefficient (Wildman–Crippen LogP) is 5.13. The topological polar surface area (TPSA) is 51.5 Å². The molecule has 0 aliphatic heterocycles. The van der Waals surface area contributed by atoms with Gasteiger partial charge in [0.05, 0.1) is 6.20 Å². The van der Waals surface area contributed by atoms with Gasteiger partial charge >= 0.3 is 6.11 Å². The second-order valence-electron chi connectivity index (χ2n) is 6.06. The summed E-state index contributed by atoms with van der Waals surface area (Å²) in [7, 11) is 0. The van der Waals surface area contributed by atoms with E-state index in [1.807, 2.05) is 42.6 Å². The van der Waals surface area contributed by atoms with E-state index >= 15 is 0 Å². The summed E-state index contributed by atoms with van der Waals surface area (Å²) in [5, 5.41) is 7.54. The molecule has 2 heterocycles. The summed E-state index contributed by atoms with van der Waals surface area (Å²) >= 11 is 0. The van der Waals surface area contributed by atoms with E-state index in [4.69, 9.17) is 0 Å². The van der Waals surface area contributed by atoms with Crippen LogP contribution >= 0.6 is 0 Å². The van der Waals surface area contributed by atoms with Crippen LogP contribution in [0.5, 0.6) is 5.75 Å². The second kappa shape index (κ2) is 6.68. The molecule has 0 aliphatic rings. The molecule has 2 aromatic carbocycles. The fraction of sp³-hybridized carbons (Fsp3) is 0.100. The molecular formula is C20H16F2N4O. The van der Waals surface area contributed by atoms with Gasteiger partial charge in [0.1, 0.15) is 11.6 Å². The van der Waals surface area contributed by atoms with E-state index in [1.165, 1.54) is 12.1 Å². The van der Waals surface area contributed by atoms with Crippen LogP contribution in [0.1, 0.15) is 6.92 Å². The van der Waals surface area contributed by atoms with Gasteiger partial charge in [0, 0.05) is 24.4 Å². The third-order valence-corrected chi connectivity index (χ3v) is 3.88. The maximum atomic E-state index is 13.0. The van der Waals surface area contributed by atoms with Crippen molar-refractivity contribution < 1.29 is 13.5 Å². The van der Waals surface area contributed by atoms with Crippen LogP contribution in [0.15, 0.2) is 73.1 Å². The molecule has 4 aromatic rings. The Morgan fingerprint density at radius 3 is 2.44 bits per heavy atom. The zero-order valence-electron chi connectivity index (χ0n) is 14.4. The number of halogens is 2. The number of benzene rings is 2.